The summed E-state index contributed by atoms with van der Waals surface area (Å²) in [5.74, 6) is 1.34. The molecule has 5 heteroatoms. The molecule has 21 heavy (non-hydrogen) atoms. The molecule has 1 aliphatic carbocycles. The molecule has 1 aliphatic heterocycles. The summed E-state index contributed by atoms with van der Waals surface area (Å²) >= 11 is 0. The van der Waals surface area contributed by atoms with E-state index in [1.165, 1.54) is 6.42 Å². The summed E-state index contributed by atoms with van der Waals surface area (Å²) in [5.41, 5.74) is 0.608. The van der Waals surface area contributed by atoms with E-state index >= 15 is 0 Å². The van der Waals surface area contributed by atoms with Crippen LogP contribution in [0.15, 0.2) is 18.3 Å². The van der Waals surface area contributed by atoms with E-state index < -0.39 is 0 Å². The van der Waals surface area contributed by atoms with Gasteiger partial charge in [-0.2, -0.15) is 5.26 Å². The number of rotatable bonds is 2. The molecule has 3 rings (SSSR count). The van der Waals surface area contributed by atoms with Gasteiger partial charge in [0.25, 0.3) is 0 Å². The lowest BCUT2D eigenvalue weighted by Crippen LogP contribution is -2.41. The van der Waals surface area contributed by atoms with Gasteiger partial charge in [-0.05, 0) is 31.4 Å². The molecule has 1 saturated heterocycles. The normalized spacial score (nSPS) is 19.6. The number of pyridine rings is 1. The lowest BCUT2D eigenvalue weighted by Gasteiger charge is -2.31. The Balaban J connectivity index is 1.68. The Labute approximate surface area is 125 Å². The first-order chi connectivity index (χ1) is 10.3. The van der Waals surface area contributed by atoms with Crippen LogP contribution in [0.4, 0.5) is 5.82 Å². The van der Waals surface area contributed by atoms with Gasteiger partial charge in [0, 0.05) is 38.3 Å². The molecule has 1 aromatic rings. The van der Waals surface area contributed by atoms with Gasteiger partial charge in [0.15, 0.2) is 0 Å². The minimum Gasteiger partial charge on any atom is -0.354 e. The van der Waals surface area contributed by atoms with Crippen molar-refractivity contribution < 1.29 is 4.79 Å². The maximum atomic E-state index is 12.3. The fourth-order valence-electron chi connectivity index (χ4n) is 3.00. The number of nitriles is 1. The molecule has 5 nitrogen and oxygen atoms in total. The fraction of sp³-hybridized carbons (Fsp3) is 0.562. The number of hydrogen-bond donors (Lipinski definition) is 0. The number of aromatic nitrogens is 1. The largest absolute Gasteiger partial charge is 0.354 e. The van der Waals surface area contributed by atoms with Crippen molar-refractivity contribution in [2.45, 2.75) is 25.7 Å². The zero-order valence-electron chi connectivity index (χ0n) is 12.2. The molecule has 0 atom stereocenters. The van der Waals surface area contributed by atoms with Crippen LogP contribution in [0.1, 0.15) is 31.2 Å². The number of amides is 1. The van der Waals surface area contributed by atoms with Crippen LogP contribution in [-0.4, -0.2) is 42.0 Å². The maximum absolute atomic E-state index is 12.3. The molecule has 1 saturated carbocycles. The van der Waals surface area contributed by atoms with Gasteiger partial charge in [-0.25, -0.2) is 4.98 Å². The second-order valence-corrected chi connectivity index (χ2v) is 5.78. The predicted octanol–water partition coefficient (Wildman–Crippen LogP) is 1.79. The summed E-state index contributed by atoms with van der Waals surface area (Å²) in [6, 6.07) is 5.78. The summed E-state index contributed by atoms with van der Waals surface area (Å²) in [4.78, 5) is 20.8. The lowest BCUT2D eigenvalue weighted by molar-refractivity contribution is -0.137. The van der Waals surface area contributed by atoms with Crippen molar-refractivity contribution in [3.05, 3.63) is 23.9 Å². The first kappa shape index (κ1) is 13.9. The molecule has 0 radical (unpaired) electrons. The highest BCUT2D eigenvalue weighted by atomic mass is 16.2. The average Bonchev–Trinajstić information content (AvgIpc) is 2.71. The van der Waals surface area contributed by atoms with Crippen molar-refractivity contribution in [1.29, 1.82) is 5.26 Å². The highest BCUT2D eigenvalue weighted by molar-refractivity contribution is 5.79. The van der Waals surface area contributed by atoms with Gasteiger partial charge in [-0.3, -0.25) is 4.79 Å². The molecule has 0 spiro atoms. The fourth-order valence-corrected chi connectivity index (χ4v) is 3.00. The van der Waals surface area contributed by atoms with Crippen LogP contribution in [0.5, 0.6) is 0 Å². The Bertz CT molecular complexity index is 562. The molecule has 1 aromatic heterocycles. The molecular formula is C16H20N4O. The van der Waals surface area contributed by atoms with Gasteiger partial charge in [0.1, 0.15) is 11.9 Å². The van der Waals surface area contributed by atoms with Gasteiger partial charge in [-0.1, -0.05) is 6.42 Å². The zero-order chi connectivity index (χ0) is 14.7. The van der Waals surface area contributed by atoms with E-state index in [2.05, 4.69) is 16.0 Å². The van der Waals surface area contributed by atoms with E-state index in [0.717, 1.165) is 51.3 Å². The summed E-state index contributed by atoms with van der Waals surface area (Å²) in [6.07, 6.45) is 5.95. The Kier molecular flexibility index (Phi) is 4.05. The van der Waals surface area contributed by atoms with Gasteiger partial charge in [-0.15, -0.1) is 0 Å². The molecule has 2 fully saturated rings. The van der Waals surface area contributed by atoms with E-state index in [4.69, 9.17) is 0 Å². The molecule has 0 unspecified atom stereocenters. The van der Waals surface area contributed by atoms with Crippen LogP contribution in [-0.2, 0) is 4.79 Å². The molecule has 0 bridgehead atoms. The standard InChI is InChI=1S/C16H20N4O/c17-12-14-6-2-7-18-15(14)19-8-3-9-20(11-10-19)16(21)13-4-1-5-13/h2,6-7,13H,1,3-5,8-11H2. The molecule has 110 valence electrons. The van der Waals surface area contributed by atoms with E-state index in [-0.39, 0.29) is 5.92 Å². The van der Waals surface area contributed by atoms with Crippen LogP contribution in [0.2, 0.25) is 0 Å². The minimum absolute atomic E-state index is 0.265. The Morgan fingerprint density at radius 2 is 2.10 bits per heavy atom. The molecule has 2 heterocycles. The summed E-state index contributed by atoms with van der Waals surface area (Å²) in [6.45, 7) is 3.15. The van der Waals surface area contributed by atoms with E-state index in [9.17, 15) is 10.1 Å². The van der Waals surface area contributed by atoms with Crippen LogP contribution < -0.4 is 4.90 Å². The highest BCUT2D eigenvalue weighted by Crippen LogP contribution is 2.29. The summed E-state index contributed by atoms with van der Waals surface area (Å²) in [7, 11) is 0. The zero-order valence-corrected chi connectivity index (χ0v) is 12.2. The second-order valence-electron chi connectivity index (χ2n) is 5.78. The number of hydrogen-bond acceptors (Lipinski definition) is 4. The van der Waals surface area contributed by atoms with Gasteiger partial charge >= 0.3 is 0 Å². The third-order valence-electron chi connectivity index (χ3n) is 4.47. The molecule has 2 aliphatic rings. The molecule has 1 amide bonds. The minimum atomic E-state index is 0.265. The van der Waals surface area contributed by atoms with Crippen LogP contribution in [0, 0.1) is 17.2 Å². The van der Waals surface area contributed by atoms with Gasteiger partial charge in [0.05, 0.1) is 5.56 Å². The summed E-state index contributed by atoms with van der Waals surface area (Å²) in [5, 5.41) is 9.19. The monoisotopic (exact) mass is 284 g/mol. The van der Waals surface area contributed by atoms with Crippen molar-refractivity contribution >= 4 is 11.7 Å². The Hall–Kier alpha value is -2.09. The predicted molar refractivity (Wildman–Crippen MR) is 79.7 cm³/mol. The number of nitrogens with zero attached hydrogens (tertiary/aromatic N) is 4. The lowest BCUT2D eigenvalue weighted by atomic mass is 9.84. The molecule has 0 aromatic carbocycles. The van der Waals surface area contributed by atoms with Crippen molar-refractivity contribution in [3.63, 3.8) is 0 Å². The second kappa shape index (κ2) is 6.13. The quantitative estimate of drug-likeness (QED) is 0.830. The number of anilines is 1. The van der Waals surface area contributed by atoms with Crippen LogP contribution in [0.3, 0.4) is 0 Å². The van der Waals surface area contributed by atoms with E-state index in [1.54, 1.807) is 18.3 Å². The maximum Gasteiger partial charge on any atom is 0.225 e. The van der Waals surface area contributed by atoms with E-state index in [1.807, 2.05) is 4.90 Å². The third kappa shape index (κ3) is 2.85. The van der Waals surface area contributed by atoms with Crippen molar-refractivity contribution in [1.82, 2.24) is 9.88 Å². The Morgan fingerprint density at radius 1 is 1.24 bits per heavy atom. The molecule has 0 N–H and O–H groups in total. The van der Waals surface area contributed by atoms with E-state index in [0.29, 0.717) is 11.5 Å². The van der Waals surface area contributed by atoms with Crippen molar-refractivity contribution in [2.75, 3.05) is 31.1 Å². The SMILES string of the molecule is N#Cc1cccnc1N1CCCN(C(=O)C2CCC2)CC1. The Morgan fingerprint density at radius 3 is 2.81 bits per heavy atom. The highest BCUT2D eigenvalue weighted by Gasteiger charge is 2.30. The topological polar surface area (TPSA) is 60.2 Å². The van der Waals surface area contributed by atoms with Crippen LogP contribution in [0.25, 0.3) is 0 Å². The summed E-state index contributed by atoms with van der Waals surface area (Å²) < 4.78 is 0. The number of carbonyl (C=O) groups excluding carboxylic acids is 1. The van der Waals surface area contributed by atoms with Gasteiger partial charge < -0.3 is 9.80 Å². The van der Waals surface area contributed by atoms with Crippen molar-refractivity contribution in [2.24, 2.45) is 5.92 Å². The first-order valence-corrected chi connectivity index (χ1v) is 7.68. The first-order valence-electron chi connectivity index (χ1n) is 7.68. The third-order valence-corrected chi connectivity index (χ3v) is 4.47. The average molecular weight is 284 g/mol. The number of carbonyl (C=O) groups is 1. The van der Waals surface area contributed by atoms with Gasteiger partial charge in [0.2, 0.25) is 5.91 Å². The van der Waals surface area contributed by atoms with Crippen LogP contribution >= 0.6 is 0 Å². The smallest absolute Gasteiger partial charge is 0.225 e. The van der Waals surface area contributed by atoms with Crippen molar-refractivity contribution in [3.8, 4) is 6.07 Å². The molecular weight excluding hydrogens is 264 g/mol.